The number of rotatable bonds is 27. The minimum atomic E-state index is -4.87. The summed E-state index contributed by atoms with van der Waals surface area (Å²) in [5, 5.41) is 0. The number of hydrogen-bond acceptors (Lipinski definition) is 13. The van der Waals surface area contributed by atoms with Gasteiger partial charge < -0.3 is 42.6 Å². The molecule has 0 saturated carbocycles. The summed E-state index contributed by atoms with van der Waals surface area (Å²) in [7, 11) is -4.87. The molecule has 38 heavy (non-hydrogen) atoms. The zero-order chi connectivity index (χ0) is 29.0. The van der Waals surface area contributed by atoms with Crippen LogP contribution >= 0.6 is 7.82 Å². The fourth-order valence-corrected chi connectivity index (χ4v) is 4.79. The van der Waals surface area contributed by atoms with Gasteiger partial charge in [0, 0.05) is 59.5 Å². The molecule has 13 nitrogen and oxygen atoms in total. The lowest BCUT2D eigenvalue weighted by atomic mass is 10.5. The Kier molecular flexibility index (Phi) is 20.5. The quantitative estimate of drug-likeness (QED) is 0.101. The summed E-state index contributed by atoms with van der Waals surface area (Å²) in [6.45, 7) is 16.5. The van der Waals surface area contributed by atoms with Crippen molar-refractivity contribution in [3.63, 3.8) is 0 Å². The van der Waals surface area contributed by atoms with Crippen molar-refractivity contribution in [3.05, 3.63) is 0 Å². The summed E-state index contributed by atoms with van der Waals surface area (Å²) in [5.41, 5.74) is 0. The summed E-state index contributed by atoms with van der Waals surface area (Å²) in [6, 6.07) is 0. The molecule has 0 aromatic heterocycles. The SMILES string of the molecule is CCOCC(OCC)(OCC)OP(=O)(OC(COCC)(OCC)OCC)OC(COCC)(OCC)OCC. The summed E-state index contributed by atoms with van der Waals surface area (Å²) >= 11 is 0. The third kappa shape index (κ3) is 13.4. The molecule has 230 valence electrons. The Balaban J connectivity index is 6.90. The Morgan fingerprint density at radius 3 is 0.763 bits per heavy atom. The van der Waals surface area contributed by atoms with Gasteiger partial charge in [-0.3, -0.25) is 0 Å². The molecule has 0 aromatic rings. The fraction of sp³-hybridized carbons (Fsp3) is 1.00. The number of phosphoric acid groups is 1. The van der Waals surface area contributed by atoms with Crippen LogP contribution in [0.5, 0.6) is 0 Å². The predicted octanol–water partition coefficient (Wildman–Crippen LogP) is 4.43. The minimum Gasteiger partial charge on any atom is -0.373 e. The largest absolute Gasteiger partial charge is 0.488 e. The van der Waals surface area contributed by atoms with E-state index in [1.807, 2.05) is 0 Å². The molecule has 0 heterocycles. The van der Waals surface area contributed by atoms with Crippen LogP contribution in [-0.2, 0) is 60.8 Å². The lowest BCUT2D eigenvalue weighted by Gasteiger charge is -2.41. The van der Waals surface area contributed by atoms with E-state index in [1.54, 1.807) is 62.3 Å². The molecule has 0 rings (SSSR count). The van der Waals surface area contributed by atoms with Gasteiger partial charge in [0.25, 0.3) is 0 Å². The maximum atomic E-state index is 14.7. The molecule has 0 aliphatic carbocycles. The zero-order valence-corrected chi connectivity index (χ0v) is 25.6. The van der Waals surface area contributed by atoms with Gasteiger partial charge in [0.15, 0.2) is 0 Å². The first kappa shape index (κ1) is 37.8. The summed E-state index contributed by atoms with van der Waals surface area (Å²) in [4.78, 5) is 0. The normalized spacial score (nSPS) is 13.4. The highest BCUT2D eigenvalue weighted by atomic mass is 31.2. The van der Waals surface area contributed by atoms with E-state index in [4.69, 9.17) is 56.2 Å². The number of ether oxygens (including phenoxy) is 9. The molecule has 0 spiro atoms. The van der Waals surface area contributed by atoms with E-state index < -0.39 is 25.7 Å². The van der Waals surface area contributed by atoms with E-state index in [2.05, 4.69) is 0 Å². The van der Waals surface area contributed by atoms with Gasteiger partial charge in [-0.1, -0.05) is 0 Å². The van der Waals surface area contributed by atoms with Gasteiger partial charge in [-0.25, -0.2) is 18.1 Å². The van der Waals surface area contributed by atoms with Crippen molar-refractivity contribution in [2.45, 2.75) is 80.2 Å². The average Bonchev–Trinajstić information content (AvgIpc) is 2.86. The maximum absolute atomic E-state index is 14.7. The second-order valence-corrected chi connectivity index (χ2v) is 8.72. The van der Waals surface area contributed by atoms with Crippen LogP contribution < -0.4 is 0 Å². The second kappa shape index (κ2) is 20.6. The van der Waals surface area contributed by atoms with Gasteiger partial charge in [0.2, 0.25) is 0 Å². The van der Waals surface area contributed by atoms with Crippen LogP contribution in [0.15, 0.2) is 0 Å². The molecule has 0 aliphatic heterocycles. The molecule has 0 atom stereocenters. The molecular formula is C24H51O13P. The lowest BCUT2D eigenvalue weighted by molar-refractivity contribution is -0.406. The van der Waals surface area contributed by atoms with Crippen LogP contribution in [0, 0.1) is 0 Å². The molecule has 0 N–H and O–H groups in total. The van der Waals surface area contributed by atoms with Gasteiger partial charge in [0.05, 0.1) is 0 Å². The molecule has 0 amide bonds. The van der Waals surface area contributed by atoms with Gasteiger partial charge in [0.1, 0.15) is 19.8 Å². The number of phosphoric ester groups is 1. The maximum Gasteiger partial charge on any atom is 0.488 e. The third-order valence-corrected chi connectivity index (χ3v) is 5.89. The van der Waals surface area contributed by atoms with Crippen LogP contribution in [0.25, 0.3) is 0 Å². The highest BCUT2D eigenvalue weighted by molar-refractivity contribution is 7.48. The molecule has 0 aliphatic rings. The van der Waals surface area contributed by atoms with Crippen LogP contribution in [-0.4, -0.2) is 97.2 Å². The van der Waals surface area contributed by atoms with Gasteiger partial charge in [-0.15, -0.1) is 0 Å². The molecule has 0 bridgehead atoms. The molecular weight excluding hydrogens is 527 g/mol. The van der Waals surface area contributed by atoms with E-state index >= 15 is 0 Å². The van der Waals surface area contributed by atoms with Gasteiger partial charge in [-0.2, -0.15) is 0 Å². The smallest absolute Gasteiger partial charge is 0.373 e. The Hall–Kier alpha value is -0.250. The minimum absolute atomic E-state index is 0.120. The highest BCUT2D eigenvalue weighted by Crippen LogP contribution is 2.59. The average molecular weight is 579 g/mol. The van der Waals surface area contributed by atoms with E-state index in [0.717, 1.165) is 0 Å². The predicted molar refractivity (Wildman–Crippen MR) is 138 cm³/mol. The lowest BCUT2D eigenvalue weighted by Crippen LogP contribution is -2.50. The van der Waals surface area contributed by atoms with E-state index in [-0.39, 0.29) is 59.5 Å². The molecule has 14 heteroatoms. The van der Waals surface area contributed by atoms with Crippen molar-refractivity contribution >= 4 is 7.82 Å². The number of hydrogen-bond donors (Lipinski definition) is 0. The highest BCUT2D eigenvalue weighted by Gasteiger charge is 2.55. The van der Waals surface area contributed by atoms with E-state index in [1.165, 1.54) is 0 Å². The summed E-state index contributed by atoms with van der Waals surface area (Å²) < 4.78 is 83.9. The first-order valence-corrected chi connectivity index (χ1v) is 14.9. The third-order valence-electron chi connectivity index (χ3n) is 4.39. The molecule has 0 unspecified atom stereocenters. The summed E-state index contributed by atoms with van der Waals surface area (Å²) in [5.74, 6) is -5.96. The molecule has 0 radical (unpaired) electrons. The van der Waals surface area contributed by atoms with Gasteiger partial charge in [-0.05, 0) is 62.3 Å². The van der Waals surface area contributed by atoms with Gasteiger partial charge >= 0.3 is 25.7 Å². The molecule has 0 saturated heterocycles. The Bertz CT molecular complexity index is 523. The Morgan fingerprint density at radius 2 is 0.605 bits per heavy atom. The monoisotopic (exact) mass is 578 g/mol. The van der Waals surface area contributed by atoms with E-state index in [0.29, 0.717) is 19.8 Å². The van der Waals surface area contributed by atoms with Crippen molar-refractivity contribution in [3.8, 4) is 0 Å². The van der Waals surface area contributed by atoms with Crippen molar-refractivity contribution < 1.29 is 60.8 Å². The van der Waals surface area contributed by atoms with Crippen molar-refractivity contribution in [2.75, 3.05) is 79.3 Å². The van der Waals surface area contributed by atoms with Crippen LogP contribution in [0.1, 0.15) is 62.3 Å². The zero-order valence-electron chi connectivity index (χ0n) is 24.7. The standard InChI is InChI=1S/C24H51O13P/c1-10-26-19-22(29-13-4,30-14-5)35-38(25,36-23(31-15-6,32-16-7)20-27-11-2)37-24(33-17-8,34-18-9)21-28-12-3/h10-21H2,1-9H3. The van der Waals surface area contributed by atoms with Crippen LogP contribution in [0.4, 0.5) is 0 Å². The van der Waals surface area contributed by atoms with Crippen molar-refractivity contribution in [2.24, 2.45) is 0 Å². The Morgan fingerprint density at radius 1 is 0.395 bits per heavy atom. The fourth-order valence-electron chi connectivity index (χ4n) is 3.18. The van der Waals surface area contributed by atoms with Crippen molar-refractivity contribution in [1.29, 1.82) is 0 Å². The topological polar surface area (TPSA) is 128 Å². The molecule has 0 fully saturated rings. The summed E-state index contributed by atoms with van der Waals surface area (Å²) in [6.07, 6.45) is 0. The van der Waals surface area contributed by atoms with Crippen molar-refractivity contribution in [1.82, 2.24) is 0 Å². The van der Waals surface area contributed by atoms with E-state index in [9.17, 15) is 4.57 Å². The van der Waals surface area contributed by atoms with Crippen LogP contribution in [0.3, 0.4) is 0 Å². The first-order valence-electron chi connectivity index (χ1n) is 13.5. The van der Waals surface area contributed by atoms with Crippen LogP contribution in [0.2, 0.25) is 0 Å². The molecule has 0 aromatic carbocycles. The second-order valence-electron chi connectivity index (χ2n) is 7.28. The first-order chi connectivity index (χ1) is 18.2. The Labute approximate surface area is 228 Å².